The van der Waals surface area contributed by atoms with Gasteiger partial charge in [-0.15, -0.1) is 0 Å². The van der Waals surface area contributed by atoms with Crippen LogP contribution in [-0.2, 0) is 4.79 Å². The summed E-state index contributed by atoms with van der Waals surface area (Å²) in [6.07, 6.45) is -14.2. The summed E-state index contributed by atoms with van der Waals surface area (Å²) in [4.78, 5) is 12.1. The number of nitrogens with zero attached hydrogens (tertiary/aromatic N) is 1. The number of Topliss-reactive ketones (excluding diaryl/α,β-unsaturated/α-hetero) is 1. The fraction of sp³-hybridized carbons (Fsp3) is 0.412. The molecule has 9 heteroatoms. The summed E-state index contributed by atoms with van der Waals surface area (Å²) in [5, 5.41) is 9.05. The minimum atomic E-state index is -5.78. The van der Waals surface area contributed by atoms with Gasteiger partial charge in [0.1, 0.15) is 11.8 Å². The first-order valence-electron chi connectivity index (χ1n) is 7.23. The van der Waals surface area contributed by atoms with E-state index >= 15 is 0 Å². The van der Waals surface area contributed by atoms with Crippen LogP contribution in [0.25, 0.3) is 6.08 Å². The zero-order chi connectivity index (χ0) is 20.3. The summed E-state index contributed by atoms with van der Waals surface area (Å²) in [5.74, 6) is -1.16. The van der Waals surface area contributed by atoms with Crippen molar-refractivity contribution < 1.29 is 35.9 Å². The zero-order valence-electron chi connectivity index (χ0n) is 14.0. The number of benzene rings is 1. The van der Waals surface area contributed by atoms with Crippen LogP contribution < -0.4 is 4.74 Å². The molecule has 0 radical (unpaired) electrons. The topological polar surface area (TPSA) is 50.1 Å². The molecule has 0 spiro atoms. The van der Waals surface area contributed by atoms with Gasteiger partial charge in [0.05, 0.1) is 5.57 Å². The number of alkyl halides is 6. The van der Waals surface area contributed by atoms with E-state index < -0.39 is 35.4 Å². The van der Waals surface area contributed by atoms with Gasteiger partial charge >= 0.3 is 12.3 Å². The number of ketones is 1. The summed E-state index contributed by atoms with van der Waals surface area (Å²) < 4.78 is 79.1. The van der Waals surface area contributed by atoms with Gasteiger partial charge in [-0.2, -0.15) is 27.2 Å². The molecular weight excluding hydrogens is 364 g/mol. The number of nitriles is 1. The van der Waals surface area contributed by atoms with E-state index in [1.165, 1.54) is 6.08 Å². The molecule has 0 fully saturated rings. The molecule has 1 atom stereocenters. The predicted octanol–water partition coefficient (Wildman–Crippen LogP) is 5.08. The van der Waals surface area contributed by atoms with Crippen molar-refractivity contribution in [3.63, 3.8) is 0 Å². The normalized spacial score (nSPS) is 14.5. The monoisotopic (exact) mass is 379 g/mol. The summed E-state index contributed by atoms with van der Waals surface area (Å²) >= 11 is 0. The molecule has 0 aliphatic carbocycles. The first-order chi connectivity index (χ1) is 11.7. The first kappa shape index (κ1) is 21.5. The average molecular weight is 379 g/mol. The van der Waals surface area contributed by atoms with Crippen LogP contribution in [0.5, 0.6) is 5.75 Å². The zero-order valence-corrected chi connectivity index (χ0v) is 14.0. The lowest BCUT2D eigenvalue weighted by atomic mass is 9.86. The van der Waals surface area contributed by atoms with Crippen LogP contribution in [0.4, 0.5) is 26.3 Å². The highest BCUT2D eigenvalue weighted by atomic mass is 19.4. The number of carbonyl (C=O) groups excluding carboxylic acids is 1. The van der Waals surface area contributed by atoms with Gasteiger partial charge in [0.25, 0.3) is 6.17 Å². The van der Waals surface area contributed by atoms with Crippen molar-refractivity contribution in [3.8, 4) is 11.8 Å². The van der Waals surface area contributed by atoms with Crippen LogP contribution in [0, 0.1) is 16.7 Å². The highest BCUT2D eigenvalue weighted by Crippen LogP contribution is 2.36. The van der Waals surface area contributed by atoms with E-state index in [-0.39, 0.29) is 11.1 Å². The van der Waals surface area contributed by atoms with Crippen molar-refractivity contribution in [1.82, 2.24) is 0 Å². The third-order valence-electron chi connectivity index (χ3n) is 3.07. The van der Waals surface area contributed by atoms with Crippen LogP contribution in [0.2, 0.25) is 0 Å². The van der Waals surface area contributed by atoms with Gasteiger partial charge in [-0.25, -0.2) is 4.39 Å². The van der Waals surface area contributed by atoms with E-state index in [0.29, 0.717) is 0 Å². The maximum absolute atomic E-state index is 13.2. The van der Waals surface area contributed by atoms with Crippen molar-refractivity contribution in [1.29, 1.82) is 5.26 Å². The quantitative estimate of drug-likeness (QED) is 0.407. The van der Waals surface area contributed by atoms with Crippen molar-refractivity contribution >= 4 is 11.9 Å². The summed E-state index contributed by atoms with van der Waals surface area (Å²) in [6, 6.07) is 5.75. The van der Waals surface area contributed by atoms with Crippen LogP contribution in [0.3, 0.4) is 0 Å². The smallest absolute Gasteiger partial charge is 0.430 e. The molecule has 1 rings (SSSR count). The molecule has 1 unspecified atom stereocenters. The number of ether oxygens (including phenoxy) is 1. The minimum absolute atomic E-state index is 0.183. The van der Waals surface area contributed by atoms with E-state index in [9.17, 15) is 31.1 Å². The Morgan fingerprint density at radius 1 is 1.12 bits per heavy atom. The van der Waals surface area contributed by atoms with Gasteiger partial charge in [0.15, 0.2) is 5.78 Å². The summed E-state index contributed by atoms with van der Waals surface area (Å²) in [5.41, 5.74) is -0.750. The van der Waals surface area contributed by atoms with Gasteiger partial charge < -0.3 is 4.74 Å². The average Bonchev–Trinajstić information content (AvgIpc) is 2.50. The number of carbonyl (C=O) groups is 1. The molecule has 1 aromatic carbocycles. The lowest BCUT2D eigenvalue weighted by Gasteiger charge is -2.23. The van der Waals surface area contributed by atoms with Crippen LogP contribution in [-0.4, -0.2) is 24.2 Å². The Hall–Kier alpha value is -2.50. The van der Waals surface area contributed by atoms with Gasteiger partial charge in [-0.05, 0) is 23.8 Å². The summed E-state index contributed by atoms with van der Waals surface area (Å²) in [7, 11) is 0. The lowest BCUT2D eigenvalue weighted by molar-refractivity contribution is -0.304. The van der Waals surface area contributed by atoms with Crippen LogP contribution in [0.1, 0.15) is 26.3 Å². The second kappa shape index (κ2) is 7.40. The third kappa shape index (κ3) is 5.51. The van der Waals surface area contributed by atoms with Crippen molar-refractivity contribution in [3.05, 3.63) is 35.4 Å². The van der Waals surface area contributed by atoms with E-state index in [0.717, 1.165) is 24.3 Å². The van der Waals surface area contributed by atoms with Gasteiger partial charge in [0, 0.05) is 5.41 Å². The molecule has 0 aliphatic rings. The van der Waals surface area contributed by atoms with E-state index in [1.54, 1.807) is 26.8 Å². The number of hydrogen-bond acceptors (Lipinski definition) is 3. The third-order valence-corrected chi connectivity index (χ3v) is 3.07. The standard InChI is InChI=1S/C17H15F6NO2/c1-15(2,3)13(25)11(9-24)8-10-4-6-12(7-5-10)26-17(22,23)14(18)16(19,20)21/h4-8,14H,1-3H3/b11-8+. The van der Waals surface area contributed by atoms with Crippen molar-refractivity contribution in [2.24, 2.45) is 5.41 Å². The molecular formula is C17H15F6NO2. The highest BCUT2D eigenvalue weighted by Gasteiger charge is 2.59. The largest absolute Gasteiger partial charge is 0.439 e. The summed E-state index contributed by atoms with van der Waals surface area (Å²) in [6.45, 7) is 4.81. The SMILES string of the molecule is CC(C)(C)C(=O)/C(C#N)=C/c1ccc(OC(F)(F)C(F)C(F)(F)F)cc1. The van der Waals surface area contributed by atoms with Gasteiger partial charge in [-0.1, -0.05) is 32.9 Å². The van der Waals surface area contributed by atoms with Crippen LogP contribution >= 0.6 is 0 Å². The number of halogens is 6. The molecule has 0 heterocycles. The molecule has 0 aromatic heterocycles. The van der Waals surface area contributed by atoms with Crippen LogP contribution in [0.15, 0.2) is 29.8 Å². The molecule has 142 valence electrons. The Labute approximate surface area is 145 Å². The highest BCUT2D eigenvalue weighted by molar-refractivity contribution is 6.06. The van der Waals surface area contributed by atoms with E-state index in [1.807, 2.05) is 0 Å². The number of allylic oxidation sites excluding steroid dienone is 1. The first-order valence-corrected chi connectivity index (χ1v) is 7.23. The van der Waals surface area contributed by atoms with Crippen molar-refractivity contribution in [2.45, 2.75) is 39.2 Å². The Morgan fingerprint density at radius 2 is 1.62 bits per heavy atom. The molecule has 26 heavy (non-hydrogen) atoms. The van der Waals surface area contributed by atoms with Gasteiger partial charge in [-0.3, -0.25) is 4.79 Å². The fourth-order valence-electron chi connectivity index (χ4n) is 1.75. The second-order valence-corrected chi connectivity index (χ2v) is 6.39. The molecule has 0 saturated carbocycles. The molecule has 3 nitrogen and oxygen atoms in total. The molecule has 0 bridgehead atoms. The van der Waals surface area contributed by atoms with E-state index in [2.05, 4.69) is 4.74 Å². The fourth-order valence-corrected chi connectivity index (χ4v) is 1.75. The molecule has 0 amide bonds. The second-order valence-electron chi connectivity index (χ2n) is 6.39. The maximum atomic E-state index is 13.2. The molecule has 0 N–H and O–H groups in total. The minimum Gasteiger partial charge on any atom is -0.430 e. The van der Waals surface area contributed by atoms with Crippen molar-refractivity contribution in [2.75, 3.05) is 0 Å². The Balaban J connectivity index is 3.01. The van der Waals surface area contributed by atoms with E-state index in [4.69, 9.17) is 5.26 Å². The molecule has 0 saturated heterocycles. The maximum Gasteiger partial charge on any atom is 0.439 e. The Kier molecular flexibility index (Phi) is 6.13. The Bertz CT molecular complexity index is 724. The number of rotatable bonds is 5. The number of hydrogen-bond donors (Lipinski definition) is 0. The predicted molar refractivity (Wildman–Crippen MR) is 81.0 cm³/mol. The lowest BCUT2D eigenvalue weighted by Crippen LogP contribution is -2.45. The van der Waals surface area contributed by atoms with Gasteiger partial charge in [0.2, 0.25) is 0 Å². The Morgan fingerprint density at radius 3 is 2.00 bits per heavy atom. The molecule has 1 aromatic rings. The molecule has 0 aliphatic heterocycles.